The molecule has 1 unspecified atom stereocenters. The highest BCUT2D eigenvalue weighted by molar-refractivity contribution is 6.01. The van der Waals surface area contributed by atoms with E-state index in [0.29, 0.717) is 25.2 Å². The predicted molar refractivity (Wildman–Crippen MR) is 112 cm³/mol. The number of hydrogen-bond acceptors (Lipinski definition) is 5. The number of rotatable bonds is 6. The molecule has 3 amide bonds. The molecule has 2 N–H and O–H groups in total. The van der Waals surface area contributed by atoms with Gasteiger partial charge in [0.05, 0.1) is 18.6 Å². The lowest BCUT2D eigenvalue weighted by Crippen LogP contribution is -2.59. The first-order valence-electron chi connectivity index (χ1n) is 10.5. The number of benzene rings is 2. The smallest absolute Gasteiger partial charge is 0.407 e. The number of hydrogen-bond donors (Lipinski definition) is 2. The summed E-state index contributed by atoms with van der Waals surface area (Å²) in [6.07, 6.45) is 0.192. The highest BCUT2D eigenvalue weighted by Gasteiger charge is 2.34. The van der Waals surface area contributed by atoms with Gasteiger partial charge in [-0.3, -0.25) is 14.9 Å². The first-order chi connectivity index (χ1) is 15.4. The van der Waals surface area contributed by atoms with Crippen LogP contribution < -0.4 is 15.5 Å². The van der Waals surface area contributed by atoms with Crippen molar-refractivity contribution >= 4 is 23.6 Å². The minimum Gasteiger partial charge on any atom is -0.449 e. The lowest BCUT2D eigenvalue weighted by molar-refractivity contribution is -0.134. The average molecular weight is 443 g/mol. The van der Waals surface area contributed by atoms with Gasteiger partial charge in [0.15, 0.2) is 0 Å². The quantitative estimate of drug-likeness (QED) is 0.671. The fraction of sp³-hybridized carbons (Fsp3) is 0.348. The van der Waals surface area contributed by atoms with Gasteiger partial charge in [0, 0.05) is 37.2 Å². The number of anilines is 1. The van der Waals surface area contributed by atoms with Crippen LogP contribution in [0.1, 0.15) is 29.9 Å². The summed E-state index contributed by atoms with van der Waals surface area (Å²) < 4.78 is 34.5. The van der Waals surface area contributed by atoms with E-state index >= 15 is 0 Å². The maximum Gasteiger partial charge on any atom is 0.407 e. The minimum atomic E-state index is -1.03. The van der Waals surface area contributed by atoms with Crippen LogP contribution in [0.5, 0.6) is 0 Å². The molecule has 9 heteroatoms. The Morgan fingerprint density at radius 1 is 1.12 bits per heavy atom. The number of carbonyl (C=O) groups excluding carboxylic acids is 3. The molecule has 0 radical (unpaired) electrons. The normalized spacial score (nSPS) is 18.7. The molecule has 168 valence electrons. The van der Waals surface area contributed by atoms with Crippen molar-refractivity contribution in [3.63, 3.8) is 0 Å². The van der Waals surface area contributed by atoms with E-state index in [9.17, 15) is 23.2 Å². The number of nitrogens with zero attached hydrogens (tertiary/aromatic N) is 1. The van der Waals surface area contributed by atoms with E-state index in [-0.39, 0.29) is 31.1 Å². The van der Waals surface area contributed by atoms with Crippen LogP contribution in [0.15, 0.2) is 42.5 Å². The van der Waals surface area contributed by atoms with Gasteiger partial charge in [0.25, 0.3) is 0 Å². The third-order valence-electron chi connectivity index (χ3n) is 5.69. The van der Waals surface area contributed by atoms with Crippen molar-refractivity contribution in [1.29, 1.82) is 0 Å². The number of nitrogens with one attached hydrogen (secondary N) is 2. The van der Waals surface area contributed by atoms with Crippen molar-refractivity contribution in [2.45, 2.75) is 31.2 Å². The van der Waals surface area contributed by atoms with Crippen molar-refractivity contribution < 1.29 is 27.9 Å². The Morgan fingerprint density at radius 2 is 1.81 bits per heavy atom. The van der Waals surface area contributed by atoms with Crippen molar-refractivity contribution in [1.82, 2.24) is 10.6 Å². The topological polar surface area (TPSA) is 87.7 Å². The fourth-order valence-corrected chi connectivity index (χ4v) is 3.95. The van der Waals surface area contributed by atoms with Crippen molar-refractivity contribution in [3.05, 3.63) is 65.2 Å². The van der Waals surface area contributed by atoms with E-state index < -0.39 is 35.5 Å². The summed E-state index contributed by atoms with van der Waals surface area (Å²) in [5, 5.41) is 4.85. The van der Waals surface area contributed by atoms with Crippen LogP contribution in [0.25, 0.3) is 0 Å². The summed E-state index contributed by atoms with van der Waals surface area (Å²) in [4.78, 5) is 36.9. The molecular weight excluding hydrogens is 420 g/mol. The number of ether oxygens (including phenoxy) is 1. The van der Waals surface area contributed by atoms with Crippen molar-refractivity contribution in [2.75, 3.05) is 24.6 Å². The van der Waals surface area contributed by atoms with E-state index in [1.807, 2.05) is 30.3 Å². The van der Waals surface area contributed by atoms with E-state index in [4.69, 9.17) is 4.74 Å². The molecule has 2 fully saturated rings. The lowest BCUT2D eigenvalue weighted by Gasteiger charge is -2.41. The van der Waals surface area contributed by atoms with Crippen LogP contribution in [0.3, 0.4) is 0 Å². The van der Waals surface area contributed by atoms with Crippen molar-refractivity contribution in [2.24, 2.45) is 0 Å². The predicted octanol–water partition coefficient (Wildman–Crippen LogP) is 2.64. The van der Waals surface area contributed by atoms with Gasteiger partial charge in [-0.15, -0.1) is 0 Å². The largest absolute Gasteiger partial charge is 0.449 e. The monoisotopic (exact) mass is 443 g/mol. The second-order valence-electron chi connectivity index (χ2n) is 7.94. The number of halogens is 2. The molecule has 0 spiro atoms. The number of imide groups is 1. The molecule has 2 heterocycles. The second-order valence-corrected chi connectivity index (χ2v) is 7.94. The highest BCUT2D eigenvalue weighted by Crippen LogP contribution is 2.33. The maximum atomic E-state index is 14.7. The summed E-state index contributed by atoms with van der Waals surface area (Å²) in [5.41, 5.74) is 1.07. The zero-order valence-corrected chi connectivity index (χ0v) is 17.3. The molecule has 0 saturated carbocycles. The molecule has 32 heavy (non-hydrogen) atoms. The molecule has 0 aliphatic carbocycles. The number of piperidine rings is 1. The third kappa shape index (κ3) is 4.87. The molecule has 2 aliphatic rings. The first-order valence-corrected chi connectivity index (χ1v) is 10.5. The zero-order valence-electron chi connectivity index (χ0n) is 17.3. The molecular formula is C23H23F2N3O4. The third-order valence-corrected chi connectivity index (χ3v) is 5.69. The van der Waals surface area contributed by atoms with Gasteiger partial charge in [0.2, 0.25) is 11.8 Å². The SMILES string of the molecule is O=C1CCC(c2c(F)cc(N3CC(NC(=O)OCCc4ccccc4)C3)cc2F)C(=O)N1. The van der Waals surface area contributed by atoms with Crippen LogP contribution >= 0.6 is 0 Å². The standard InChI is InChI=1S/C23H23F2N3O4/c24-18-10-16(11-19(25)21(18)17-6-7-20(29)27-22(17)30)28-12-15(13-28)26-23(31)32-9-8-14-4-2-1-3-5-14/h1-5,10-11,15,17H,6-9,12-13H2,(H,26,31)(H,27,29,30). The number of alkyl carbamates (subject to hydrolysis) is 1. The Morgan fingerprint density at radius 3 is 2.47 bits per heavy atom. The van der Waals surface area contributed by atoms with Gasteiger partial charge in [0.1, 0.15) is 11.6 Å². The average Bonchev–Trinajstić information content (AvgIpc) is 2.72. The second kappa shape index (κ2) is 9.33. The molecule has 1 atom stereocenters. The lowest BCUT2D eigenvalue weighted by atomic mass is 9.89. The molecule has 7 nitrogen and oxygen atoms in total. The molecule has 0 bridgehead atoms. The van der Waals surface area contributed by atoms with E-state index in [0.717, 1.165) is 5.56 Å². The Bertz CT molecular complexity index is 1000. The van der Waals surface area contributed by atoms with Crippen LogP contribution in [-0.4, -0.2) is 43.6 Å². The summed E-state index contributed by atoms with van der Waals surface area (Å²) >= 11 is 0. The maximum absolute atomic E-state index is 14.7. The Balaban J connectivity index is 1.27. The Hall–Kier alpha value is -3.49. The molecule has 2 aromatic rings. The number of amides is 3. The van der Waals surface area contributed by atoms with Crippen LogP contribution in [-0.2, 0) is 20.7 Å². The van der Waals surface area contributed by atoms with E-state index in [1.165, 1.54) is 12.1 Å². The van der Waals surface area contributed by atoms with Gasteiger partial charge in [-0.05, 0) is 24.1 Å². The van der Waals surface area contributed by atoms with Gasteiger partial charge in [-0.2, -0.15) is 0 Å². The van der Waals surface area contributed by atoms with Crippen LogP contribution in [0, 0.1) is 11.6 Å². The molecule has 4 rings (SSSR count). The van der Waals surface area contributed by atoms with Gasteiger partial charge in [-0.25, -0.2) is 13.6 Å². The van der Waals surface area contributed by atoms with Gasteiger partial charge in [-0.1, -0.05) is 30.3 Å². The summed E-state index contributed by atoms with van der Waals surface area (Å²) in [6.45, 7) is 1.01. The summed E-state index contributed by atoms with van der Waals surface area (Å²) in [5.74, 6) is -3.82. The molecule has 2 saturated heterocycles. The van der Waals surface area contributed by atoms with Gasteiger partial charge >= 0.3 is 6.09 Å². The highest BCUT2D eigenvalue weighted by atomic mass is 19.1. The Kier molecular flexibility index (Phi) is 6.34. The van der Waals surface area contributed by atoms with Crippen LogP contribution in [0.4, 0.5) is 19.3 Å². The summed E-state index contributed by atoms with van der Waals surface area (Å²) in [7, 11) is 0. The molecule has 0 aromatic heterocycles. The minimum absolute atomic E-state index is 0.0396. The fourth-order valence-electron chi connectivity index (χ4n) is 3.95. The van der Waals surface area contributed by atoms with E-state index in [1.54, 1.807) is 4.90 Å². The number of carbonyl (C=O) groups is 3. The Labute approximate surface area is 183 Å². The first kappa shape index (κ1) is 21.7. The van der Waals surface area contributed by atoms with E-state index in [2.05, 4.69) is 10.6 Å². The van der Waals surface area contributed by atoms with Crippen molar-refractivity contribution in [3.8, 4) is 0 Å². The van der Waals surface area contributed by atoms with Crippen LogP contribution in [0.2, 0.25) is 0 Å². The molecule has 2 aliphatic heterocycles. The zero-order chi connectivity index (χ0) is 22.7. The van der Waals surface area contributed by atoms with Gasteiger partial charge < -0.3 is 15.0 Å². The molecule has 2 aromatic carbocycles. The summed E-state index contributed by atoms with van der Waals surface area (Å²) in [6, 6.07) is 11.8.